The molecule has 1 fully saturated rings. The third-order valence-corrected chi connectivity index (χ3v) is 3.70. The van der Waals surface area contributed by atoms with Gasteiger partial charge in [0.15, 0.2) is 0 Å². The minimum atomic E-state index is 0.248. The van der Waals surface area contributed by atoms with Crippen LogP contribution in [0.2, 0.25) is 0 Å². The molecule has 1 aromatic rings. The summed E-state index contributed by atoms with van der Waals surface area (Å²) in [4.78, 5) is 2.51. The van der Waals surface area contributed by atoms with E-state index >= 15 is 0 Å². The molecule has 0 bridgehead atoms. The molecule has 1 heterocycles. The molecule has 3 N–H and O–H groups in total. The third kappa shape index (κ3) is 3.37. The Hall–Kier alpha value is -1.22. The first-order valence-corrected chi connectivity index (χ1v) is 6.45. The van der Waals surface area contributed by atoms with Gasteiger partial charge in [0.25, 0.3) is 0 Å². The van der Waals surface area contributed by atoms with Crippen LogP contribution in [-0.4, -0.2) is 29.6 Å². The standard InChI is InChI=1S/C14H22N2O/c1-11-4-7-16(8-5-11)9-6-12-2-3-13(17)10-14(12)15/h2-3,10-11,17H,4-9,15H2,1H3. The number of rotatable bonds is 3. The lowest BCUT2D eigenvalue weighted by Crippen LogP contribution is -2.34. The van der Waals surface area contributed by atoms with Gasteiger partial charge in [0.1, 0.15) is 5.75 Å². The van der Waals surface area contributed by atoms with Gasteiger partial charge in [0, 0.05) is 18.3 Å². The van der Waals surface area contributed by atoms with E-state index < -0.39 is 0 Å². The summed E-state index contributed by atoms with van der Waals surface area (Å²) >= 11 is 0. The predicted octanol–water partition coefficient (Wildman–Crippen LogP) is 2.25. The van der Waals surface area contributed by atoms with E-state index in [-0.39, 0.29) is 5.75 Å². The van der Waals surface area contributed by atoms with Crippen molar-refractivity contribution >= 4 is 5.69 Å². The normalized spacial score (nSPS) is 18.4. The fourth-order valence-electron chi connectivity index (χ4n) is 2.37. The Bertz CT molecular complexity index is 370. The lowest BCUT2D eigenvalue weighted by atomic mass is 9.99. The van der Waals surface area contributed by atoms with Crippen molar-refractivity contribution < 1.29 is 5.11 Å². The van der Waals surface area contributed by atoms with Crippen molar-refractivity contribution in [3.05, 3.63) is 23.8 Å². The second kappa shape index (κ2) is 5.41. The van der Waals surface area contributed by atoms with E-state index in [0.717, 1.165) is 24.4 Å². The van der Waals surface area contributed by atoms with Gasteiger partial charge in [-0.3, -0.25) is 0 Å². The highest BCUT2D eigenvalue weighted by molar-refractivity contribution is 5.51. The number of benzene rings is 1. The summed E-state index contributed by atoms with van der Waals surface area (Å²) < 4.78 is 0. The van der Waals surface area contributed by atoms with Crippen molar-refractivity contribution in [2.24, 2.45) is 5.92 Å². The van der Waals surface area contributed by atoms with Gasteiger partial charge in [-0.25, -0.2) is 0 Å². The van der Waals surface area contributed by atoms with Crippen LogP contribution in [0.25, 0.3) is 0 Å². The molecule has 3 heteroatoms. The average Bonchev–Trinajstić information content (AvgIpc) is 2.30. The topological polar surface area (TPSA) is 49.5 Å². The molecule has 1 aliphatic heterocycles. The number of piperidine rings is 1. The SMILES string of the molecule is CC1CCN(CCc2ccc(O)cc2N)CC1. The molecular weight excluding hydrogens is 212 g/mol. The first kappa shape index (κ1) is 12.2. The van der Waals surface area contributed by atoms with Crippen molar-refractivity contribution in [3.63, 3.8) is 0 Å². The van der Waals surface area contributed by atoms with Crippen LogP contribution >= 0.6 is 0 Å². The highest BCUT2D eigenvalue weighted by atomic mass is 16.3. The first-order chi connectivity index (χ1) is 8.15. The second-order valence-corrected chi connectivity index (χ2v) is 5.16. The molecule has 0 radical (unpaired) electrons. The second-order valence-electron chi connectivity index (χ2n) is 5.16. The predicted molar refractivity (Wildman–Crippen MR) is 71.1 cm³/mol. The van der Waals surface area contributed by atoms with E-state index in [9.17, 15) is 5.11 Å². The Labute approximate surface area is 103 Å². The Kier molecular flexibility index (Phi) is 3.89. The van der Waals surface area contributed by atoms with E-state index in [1.165, 1.54) is 25.9 Å². The number of phenols is 1. The summed E-state index contributed by atoms with van der Waals surface area (Å²) in [6, 6.07) is 5.27. The number of nitrogens with zero attached hydrogens (tertiary/aromatic N) is 1. The maximum absolute atomic E-state index is 9.29. The quantitative estimate of drug-likeness (QED) is 0.789. The first-order valence-electron chi connectivity index (χ1n) is 6.45. The fourth-order valence-corrected chi connectivity index (χ4v) is 2.37. The molecule has 3 nitrogen and oxygen atoms in total. The maximum Gasteiger partial charge on any atom is 0.117 e. The molecule has 0 aromatic heterocycles. The highest BCUT2D eigenvalue weighted by Crippen LogP contribution is 2.20. The molecule has 0 unspecified atom stereocenters. The number of anilines is 1. The fraction of sp³-hybridized carbons (Fsp3) is 0.571. The molecule has 1 saturated heterocycles. The molecule has 1 aliphatic rings. The van der Waals surface area contributed by atoms with Crippen LogP contribution in [0, 0.1) is 5.92 Å². The van der Waals surface area contributed by atoms with Crippen LogP contribution in [-0.2, 0) is 6.42 Å². The van der Waals surface area contributed by atoms with Gasteiger partial charge in [-0.05, 0) is 49.9 Å². The Morgan fingerprint density at radius 3 is 2.71 bits per heavy atom. The van der Waals surface area contributed by atoms with Gasteiger partial charge in [-0.1, -0.05) is 13.0 Å². The summed E-state index contributed by atoms with van der Waals surface area (Å²) in [5.41, 5.74) is 7.72. The van der Waals surface area contributed by atoms with Gasteiger partial charge in [-0.15, -0.1) is 0 Å². The zero-order chi connectivity index (χ0) is 12.3. The van der Waals surface area contributed by atoms with Crippen LogP contribution in [0.15, 0.2) is 18.2 Å². The van der Waals surface area contributed by atoms with Crippen molar-refractivity contribution in [1.82, 2.24) is 4.90 Å². The minimum absolute atomic E-state index is 0.248. The van der Waals surface area contributed by atoms with E-state index in [1.54, 1.807) is 12.1 Å². The smallest absolute Gasteiger partial charge is 0.117 e. The average molecular weight is 234 g/mol. The van der Waals surface area contributed by atoms with Crippen molar-refractivity contribution in [3.8, 4) is 5.75 Å². The maximum atomic E-state index is 9.29. The summed E-state index contributed by atoms with van der Waals surface area (Å²) in [7, 11) is 0. The monoisotopic (exact) mass is 234 g/mol. The van der Waals surface area contributed by atoms with Crippen LogP contribution in [0.4, 0.5) is 5.69 Å². The van der Waals surface area contributed by atoms with Gasteiger partial charge < -0.3 is 15.7 Å². The lowest BCUT2D eigenvalue weighted by Gasteiger charge is -2.30. The summed E-state index contributed by atoms with van der Waals surface area (Å²) in [5, 5.41) is 9.29. The molecule has 94 valence electrons. The van der Waals surface area contributed by atoms with Crippen molar-refractivity contribution in [2.45, 2.75) is 26.2 Å². The molecule has 0 amide bonds. The number of hydrogen-bond donors (Lipinski definition) is 2. The molecule has 0 aliphatic carbocycles. The largest absolute Gasteiger partial charge is 0.508 e. The zero-order valence-electron chi connectivity index (χ0n) is 10.5. The zero-order valence-corrected chi connectivity index (χ0v) is 10.5. The summed E-state index contributed by atoms with van der Waals surface area (Å²) in [5.74, 6) is 1.13. The minimum Gasteiger partial charge on any atom is -0.508 e. The molecular formula is C14H22N2O. The molecule has 1 aromatic carbocycles. The molecule has 2 rings (SSSR count). The number of nitrogen functional groups attached to an aromatic ring is 1. The number of phenolic OH excluding ortho intramolecular Hbond substituents is 1. The Morgan fingerprint density at radius 2 is 2.06 bits per heavy atom. The third-order valence-electron chi connectivity index (χ3n) is 3.70. The van der Waals surface area contributed by atoms with Crippen molar-refractivity contribution in [2.75, 3.05) is 25.4 Å². The van der Waals surface area contributed by atoms with E-state index in [4.69, 9.17) is 5.73 Å². The van der Waals surface area contributed by atoms with E-state index in [0.29, 0.717) is 5.69 Å². The van der Waals surface area contributed by atoms with Gasteiger partial charge in [0.05, 0.1) is 0 Å². The lowest BCUT2D eigenvalue weighted by molar-refractivity contribution is 0.194. The number of aromatic hydroxyl groups is 1. The van der Waals surface area contributed by atoms with Gasteiger partial charge in [-0.2, -0.15) is 0 Å². The van der Waals surface area contributed by atoms with E-state index in [1.807, 2.05) is 6.07 Å². The van der Waals surface area contributed by atoms with Crippen LogP contribution in [0.3, 0.4) is 0 Å². The van der Waals surface area contributed by atoms with Crippen LogP contribution in [0.1, 0.15) is 25.3 Å². The molecule has 0 spiro atoms. The number of hydrogen-bond acceptors (Lipinski definition) is 3. The van der Waals surface area contributed by atoms with Crippen molar-refractivity contribution in [1.29, 1.82) is 0 Å². The van der Waals surface area contributed by atoms with Crippen LogP contribution < -0.4 is 5.73 Å². The van der Waals surface area contributed by atoms with E-state index in [2.05, 4.69) is 11.8 Å². The number of likely N-dealkylation sites (tertiary alicyclic amines) is 1. The van der Waals surface area contributed by atoms with Gasteiger partial charge >= 0.3 is 0 Å². The molecule has 0 saturated carbocycles. The van der Waals surface area contributed by atoms with Crippen LogP contribution in [0.5, 0.6) is 5.75 Å². The van der Waals surface area contributed by atoms with Gasteiger partial charge in [0.2, 0.25) is 0 Å². The Balaban J connectivity index is 1.85. The molecule has 17 heavy (non-hydrogen) atoms. The highest BCUT2D eigenvalue weighted by Gasteiger charge is 2.15. The molecule has 0 atom stereocenters. The summed E-state index contributed by atoms with van der Waals surface area (Å²) in [6.07, 6.45) is 3.59. The summed E-state index contributed by atoms with van der Waals surface area (Å²) in [6.45, 7) is 5.81. The Morgan fingerprint density at radius 1 is 1.35 bits per heavy atom. The number of nitrogens with two attached hydrogens (primary N) is 1.